The van der Waals surface area contributed by atoms with Gasteiger partial charge in [-0.05, 0) is 63.6 Å². The van der Waals surface area contributed by atoms with Crippen molar-refractivity contribution in [3.63, 3.8) is 0 Å². The van der Waals surface area contributed by atoms with Crippen LogP contribution < -0.4 is 13.9 Å². The Morgan fingerprint density at radius 1 is 0.525 bits per heavy atom. The van der Waals surface area contributed by atoms with E-state index < -0.39 is 0 Å². The monoisotopic (exact) mass is 963 g/mol. The molecule has 61 heavy (non-hydrogen) atoms. The molecular weight excluding hydrogens is 932 g/mol. The maximum atomic E-state index is 6.61. The summed E-state index contributed by atoms with van der Waals surface area (Å²) in [7, 11) is 0. The maximum Gasteiger partial charge on any atom is 2.00 e. The van der Waals surface area contributed by atoms with Gasteiger partial charge >= 0.3 is 32.8 Å². The molecule has 12 rings (SSSR count). The van der Waals surface area contributed by atoms with E-state index in [0.717, 1.165) is 94.6 Å². The number of hydrogen-bond acceptors (Lipinski definition) is 3. The largest absolute Gasteiger partial charge is 2.00 e. The van der Waals surface area contributed by atoms with Crippen molar-refractivity contribution in [1.29, 1.82) is 0 Å². The van der Waals surface area contributed by atoms with Crippen LogP contribution in [0.4, 0.5) is 22.7 Å². The zero-order valence-corrected chi connectivity index (χ0v) is 34.7. The molecule has 1 aliphatic heterocycles. The van der Waals surface area contributed by atoms with Crippen LogP contribution in [0.1, 0.15) is 0 Å². The molecule has 1 aliphatic rings. The molecule has 0 N–H and O–H groups in total. The fourth-order valence-electron chi connectivity index (χ4n) is 8.63. The van der Waals surface area contributed by atoms with Crippen LogP contribution >= 0.6 is 0 Å². The third-order valence-corrected chi connectivity index (χ3v) is 11.2. The van der Waals surface area contributed by atoms with Crippen molar-refractivity contribution < 1.29 is 30.2 Å². The van der Waals surface area contributed by atoms with E-state index >= 15 is 0 Å². The Bertz CT molecular complexity index is 3490. The Morgan fingerprint density at radius 3 is 1.98 bits per heavy atom. The fraction of sp³-hybridized carbons (Fsp3) is 0. The van der Waals surface area contributed by atoms with Gasteiger partial charge in [-0.25, -0.2) is 4.98 Å². The van der Waals surface area contributed by atoms with Crippen LogP contribution in [0.15, 0.2) is 199 Å². The van der Waals surface area contributed by atoms with Crippen molar-refractivity contribution in [2.75, 3.05) is 0 Å². The minimum Gasteiger partial charge on any atom is -0.509 e. The van der Waals surface area contributed by atoms with E-state index in [1.165, 1.54) is 0 Å². The minimum absolute atomic E-state index is 0. The molecule has 288 valence electrons. The van der Waals surface area contributed by atoms with Gasteiger partial charge in [0.2, 0.25) is 5.69 Å². The Morgan fingerprint density at radius 2 is 1.21 bits per heavy atom. The van der Waals surface area contributed by atoms with Crippen LogP contribution in [0.2, 0.25) is 0 Å². The zero-order chi connectivity index (χ0) is 39.6. The Hall–Kier alpha value is -7.62. The van der Waals surface area contributed by atoms with Gasteiger partial charge < -0.3 is 13.7 Å². The summed E-state index contributed by atoms with van der Waals surface area (Å²) >= 11 is 0. The molecule has 0 atom stereocenters. The summed E-state index contributed by atoms with van der Waals surface area (Å²) in [5.74, 6) is 1.94. The minimum atomic E-state index is 0. The average molecular weight is 964 g/mol. The molecule has 0 fully saturated rings. The molecule has 7 heteroatoms. The second-order valence-corrected chi connectivity index (χ2v) is 14.7. The SMILES string of the molecule is C1=[N+](c2[c-]c(Oc3[c-]c4c(cc3)c3ccccc3n4-c3ccccn3)ccc2)c2ccc3oc4ccccc4c3c2[N+]=1c1c(-c2ccccc2)cccc1-c1ccccc1.[Pt+2]. The van der Waals surface area contributed by atoms with Crippen molar-refractivity contribution in [2.45, 2.75) is 0 Å². The molecule has 0 spiro atoms. The van der Waals surface area contributed by atoms with Crippen LogP contribution in [0.3, 0.4) is 0 Å². The molecule has 4 heterocycles. The number of aromatic nitrogens is 2. The molecule has 6 nitrogen and oxygen atoms in total. The molecule has 0 unspecified atom stereocenters. The number of hydrogen-bond donors (Lipinski definition) is 0. The van der Waals surface area contributed by atoms with Gasteiger partial charge in [-0.3, -0.25) is 0 Å². The average Bonchev–Trinajstić information content (AvgIpc) is 3.99. The van der Waals surface area contributed by atoms with Crippen molar-refractivity contribution in [1.82, 2.24) is 18.7 Å². The number of furan rings is 1. The van der Waals surface area contributed by atoms with Gasteiger partial charge in [-0.15, -0.1) is 23.6 Å². The quantitative estimate of drug-likeness (QED) is 0.118. The summed E-state index contributed by atoms with van der Waals surface area (Å²) in [4.78, 5) is 4.69. The summed E-state index contributed by atoms with van der Waals surface area (Å²) in [5, 5.41) is 4.25. The number of para-hydroxylation sites is 3. The number of fused-ring (bicyclic) bond motifs is 8. The van der Waals surface area contributed by atoms with Crippen LogP contribution in [-0.2, 0) is 21.1 Å². The first-order valence-corrected chi connectivity index (χ1v) is 19.9. The standard InChI is InChI=1S/C54H32N4O2.Pt/c1-3-15-36(16-4-1)41-23-14-24-42(37-17-5-2-6-18-37)53(41)57-35-56(47-30-31-50-52(54(47)57)45-22-8-10-26-49(45)60-50)38-19-13-20-39(33-38)59-40-28-29-44-43-21-7-9-25-46(43)58(48(44)34-40)51-27-11-12-32-55-51;/h1-32H;/q;+2. The first kappa shape index (κ1) is 36.5. The topological polar surface area (TPSA) is 46.2 Å². The number of nitrogens with zero attached hydrogens (tertiary/aromatic N) is 4. The van der Waals surface area contributed by atoms with E-state index in [1.807, 2.05) is 66.9 Å². The van der Waals surface area contributed by atoms with Crippen molar-refractivity contribution in [3.05, 3.63) is 206 Å². The summed E-state index contributed by atoms with van der Waals surface area (Å²) in [6.45, 7) is 0. The molecule has 0 saturated carbocycles. The Balaban J connectivity index is 0.00000420. The Kier molecular flexibility index (Phi) is 8.90. The smallest absolute Gasteiger partial charge is 0.509 e. The molecule has 0 saturated heterocycles. The summed E-state index contributed by atoms with van der Waals surface area (Å²) in [6.07, 6.45) is 1.81. The molecular formula is C54H32N4O2Pt+2. The van der Waals surface area contributed by atoms with Crippen molar-refractivity contribution >= 4 is 72.5 Å². The van der Waals surface area contributed by atoms with Crippen LogP contribution in [0, 0.1) is 12.1 Å². The van der Waals surface area contributed by atoms with Crippen LogP contribution in [-0.4, -0.2) is 15.6 Å². The third-order valence-electron chi connectivity index (χ3n) is 11.2. The number of pyridine rings is 1. The van der Waals surface area contributed by atoms with Gasteiger partial charge in [0.15, 0.2) is 0 Å². The molecule has 0 bridgehead atoms. The van der Waals surface area contributed by atoms with E-state index in [1.54, 1.807) is 0 Å². The normalized spacial score (nSPS) is 12.1. The van der Waals surface area contributed by atoms with E-state index in [2.05, 4.69) is 164 Å². The summed E-state index contributed by atoms with van der Waals surface area (Å²) in [5.41, 5.74) is 11.6. The number of ether oxygens (including phenoxy) is 1. The number of rotatable bonds is 7. The molecule has 8 aromatic carbocycles. The van der Waals surface area contributed by atoms with Gasteiger partial charge in [-0.2, -0.15) is 12.1 Å². The second-order valence-electron chi connectivity index (χ2n) is 14.7. The van der Waals surface area contributed by atoms with Gasteiger partial charge in [0, 0.05) is 34.7 Å². The maximum absolute atomic E-state index is 6.61. The number of benzene rings is 8. The van der Waals surface area contributed by atoms with Gasteiger partial charge in [-0.1, -0.05) is 131 Å². The molecule has 11 aromatic rings. The summed E-state index contributed by atoms with van der Waals surface area (Å²) in [6, 6.07) is 75.3. The zero-order valence-electron chi connectivity index (χ0n) is 32.4. The first-order valence-electron chi connectivity index (χ1n) is 19.9. The summed E-state index contributed by atoms with van der Waals surface area (Å²) < 4.78 is 19.5. The van der Waals surface area contributed by atoms with Crippen molar-refractivity contribution in [3.8, 4) is 39.6 Å². The molecule has 0 amide bonds. The van der Waals surface area contributed by atoms with Crippen LogP contribution in [0.5, 0.6) is 11.5 Å². The first-order chi connectivity index (χ1) is 29.8. The predicted octanol–water partition coefficient (Wildman–Crippen LogP) is 13.7. The van der Waals surface area contributed by atoms with Crippen molar-refractivity contribution in [2.24, 2.45) is 0 Å². The van der Waals surface area contributed by atoms with E-state index in [9.17, 15) is 0 Å². The molecule has 0 aliphatic carbocycles. The van der Waals surface area contributed by atoms with Crippen LogP contribution in [0.25, 0.3) is 71.8 Å². The Labute approximate surface area is 365 Å². The third kappa shape index (κ3) is 6.04. The van der Waals surface area contributed by atoms with E-state index in [4.69, 9.17) is 9.15 Å². The van der Waals surface area contributed by atoms with Gasteiger partial charge in [0.25, 0.3) is 5.69 Å². The van der Waals surface area contributed by atoms with E-state index in [-0.39, 0.29) is 21.1 Å². The fourth-order valence-corrected chi connectivity index (χ4v) is 8.63. The predicted molar refractivity (Wildman–Crippen MR) is 242 cm³/mol. The molecule has 3 aromatic heterocycles. The van der Waals surface area contributed by atoms with E-state index in [0.29, 0.717) is 11.5 Å². The van der Waals surface area contributed by atoms with Gasteiger partial charge in [0.1, 0.15) is 28.1 Å². The van der Waals surface area contributed by atoms with Gasteiger partial charge in [0.05, 0.1) is 11.1 Å². The second kappa shape index (κ2) is 14.9. The molecule has 0 radical (unpaired) electrons.